The highest BCUT2D eigenvalue weighted by Gasteiger charge is 2.13. The van der Waals surface area contributed by atoms with Crippen molar-refractivity contribution in [2.24, 2.45) is 0 Å². The van der Waals surface area contributed by atoms with E-state index in [-0.39, 0.29) is 24.4 Å². The van der Waals surface area contributed by atoms with E-state index < -0.39 is 11.7 Å². The average Bonchev–Trinajstić information content (AvgIpc) is 3.02. The summed E-state index contributed by atoms with van der Waals surface area (Å²) < 4.78 is 13.7. The Kier molecular flexibility index (Phi) is 6.29. The predicted octanol–water partition coefficient (Wildman–Crippen LogP) is 3.43. The maximum Gasteiger partial charge on any atom is 0.252 e. The monoisotopic (exact) mass is 398 g/mol. The van der Waals surface area contributed by atoms with Crippen molar-refractivity contribution in [1.82, 2.24) is 10.2 Å². The fourth-order valence-corrected chi connectivity index (χ4v) is 3.15. The molecule has 0 fully saturated rings. The molecule has 2 aromatic rings. The van der Waals surface area contributed by atoms with Crippen molar-refractivity contribution < 1.29 is 14.0 Å². The van der Waals surface area contributed by atoms with Crippen LogP contribution in [0.25, 0.3) is 0 Å². The minimum absolute atomic E-state index is 0.0583. The first-order chi connectivity index (χ1) is 11.0. The van der Waals surface area contributed by atoms with Crippen LogP contribution in [-0.4, -0.2) is 30.3 Å². The first-order valence-electron chi connectivity index (χ1n) is 6.97. The SMILES string of the molecule is CN(Cc1cccs1)C(=O)CCNC(=O)c1cc(F)ccc1Br. The van der Waals surface area contributed by atoms with Crippen molar-refractivity contribution >= 4 is 39.1 Å². The lowest BCUT2D eigenvalue weighted by atomic mass is 10.2. The van der Waals surface area contributed by atoms with Crippen LogP contribution in [0.4, 0.5) is 4.39 Å². The van der Waals surface area contributed by atoms with Gasteiger partial charge in [0.05, 0.1) is 12.1 Å². The second-order valence-corrected chi connectivity index (χ2v) is 6.85. The Hall–Kier alpha value is -1.73. The molecule has 1 aromatic heterocycles. The van der Waals surface area contributed by atoms with E-state index in [4.69, 9.17) is 0 Å². The fourth-order valence-electron chi connectivity index (χ4n) is 1.97. The summed E-state index contributed by atoms with van der Waals surface area (Å²) in [6.07, 6.45) is 0.195. The van der Waals surface area contributed by atoms with Crippen molar-refractivity contribution in [1.29, 1.82) is 0 Å². The van der Waals surface area contributed by atoms with Crippen LogP contribution in [-0.2, 0) is 11.3 Å². The van der Waals surface area contributed by atoms with Crippen LogP contribution in [0.5, 0.6) is 0 Å². The maximum absolute atomic E-state index is 13.2. The van der Waals surface area contributed by atoms with Gasteiger partial charge in [-0.3, -0.25) is 9.59 Å². The van der Waals surface area contributed by atoms with E-state index >= 15 is 0 Å². The average molecular weight is 399 g/mol. The second-order valence-electron chi connectivity index (χ2n) is 4.96. The molecule has 0 aliphatic carbocycles. The minimum atomic E-state index is -0.481. The van der Waals surface area contributed by atoms with Crippen molar-refractivity contribution in [2.75, 3.05) is 13.6 Å². The highest BCUT2D eigenvalue weighted by molar-refractivity contribution is 9.10. The van der Waals surface area contributed by atoms with Gasteiger partial charge in [0.15, 0.2) is 0 Å². The molecule has 4 nitrogen and oxygen atoms in total. The number of hydrogen-bond acceptors (Lipinski definition) is 3. The smallest absolute Gasteiger partial charge is 0.252 e. The molecule has 0 saturated heterocycles. The lowest BCUT2D eigenvalue weighted by Crippen LogP contribution is -2.31. The Bertz CT molecular complexity index is 691. The molecular formula is C16H16BrFN2O2S. The zero-order chi connectivity index (χ0) is 16.8. The number of amides is 2. The molecule has 1 heterocycles. The molecule has 0 unspecified atom stereocenters. The molecule has 0 radical (unpaired) electrons. The zero-order valence-corrected chi connectivity index (χ0v) is 14.9. The topological polar surface area (TPSA) is 49.4 Å². The number of benzene rings is 1. The fraction of sp³-hybridized carbons (Fsp3) is 0.250. The first-order valence-corrected chi connectivity index (χ1v) is 8.64. The van der Waals surface area contributed by atoms with Gasteiger partial charge in [0.1, 0.15) is 5.82 Å². The lowest BCUT2D eigenvalue weighted by Gasteiger charge is -2.16. The van der Waals surface area contributed by atoms with Crippen LogP contribution in [0, 0.1) is 5.82 Å². The number of thiophene rings is 1. The molecule has 0 spiro atoms. The Morgan fingerprint density at radius 1 is 1.35 bits per heavy atom. The Labute approximate surface area is 146 Å². The molecule has 0 aliphatic rings. The highest BCUT2D eigenvalue weighted by atomic mass is 79.9. The van der Waals surface area contributed by atoms with E-state index in [1.54, 1.807) is 23.3 Å². The number of hydrogen-bond donors (Lipinski definition) is 1. The summed E-state index contributed by atoms with van der Waals surface area (Å²) in [4.78, 5) is 26.7. The van der Waals surface area contributed by atoms with E-state index in [1.807, 2.05) is 17.5 Å². The third-order valence-electron chi connectivity index (χ3n) is 3.20. The Morgan fingerprint density at radius 2 is 2.13 bits per heavy atom. The number of nitrogens with one attached hydrogen (secondary N) is 1. The van der Waals surface area contributed by atoms with Crippen molar-refractivity contribution in [2.45, 2.75) is 13.0 Å². The van der Waals surface area contributed by atoms with Crippen LogP contribution in [0.15, 0.2) is 40.2 Å². The number of halogens is 2. The van der Waals surface area contributed by atoms with Gasteiger partial charge in [-0.05, 0) is 45.6 Å². The summed E-state index contributed by atoms with van der Waals surface area (Å²) in [7, 11) is 1.73. The molecule has 0 saturated carbocycles. The molecule has 2 rings (SSSR count). The molecule has 1 aromatic carbocycles. The summed E-state index contributed by atoms with van der Waals surface area (Å²) in [5.74, 6) is -0.952. The molecule has 0 aliphatic heterocycles. The van der Waals surface area contributed by atoms with Gasteiger partial charge in [0.2, 0.25) is 5.91 Å². The van der Waals surface area contributed by atoms with E-state index in [0.717, 1.165) is 10.9 Å². The highest BCUT2D eigenvalue weighted by Crippen LogP contribution is 2.17. The Balaban J connectivity index is 1.80. The van der Waals surface area contributed by atoms with Crippen LogP contribution < -0.4 is 5.32 Å². The van der Waals surface area contributed by atoms with E-state index in [2.05, 4.69) is 21.2 Å². The standard InChI is InChI=1S/C16H16BrFN2O2S/c1-20(10-12-3-2-8-23-12)15(21)6-7-19-16(22)13-9-11(18)4-5-14(13)17/h2-5,8-9H,6-7,10H2,1H3,(H,19,22). The molecule has 0 bridgehead atoms. The van der Waals surface area contributed by atoms with Crippen molar-refractivity contribution in [3.05, 3.63) is 56.4 Å². The largest absolute Gasteiger partial charge is 0.351 e. The summed E-state index contributed by atoms with van der Waals surface area (Å²) >= 11 is 4.80. The normalized spacial score (nSPS) is 10.4. The lowest BCUT2D eigenvalue weighted by molar-refractivity contribution is -0.130. The molecular weight excluding hydrogens is 383 g/mol. The third kappa shape index (κ3) is 5.14. The molecule has 1 N–H and O–H groups in total. The minimum Gasteiger partial charge on any atom is -0.351 e. The number of rotatable bonds is 6. The van der Waals surface area contributed by atoms with Crippen molar-refractivity contribution in [3.63, 3.8) is 0 Å². The quantitative estimate of drug-likeness (QED) is 0.809. The third-order valence-corrected chi connectivity index (χ3v) is 4.75. The first kappa shape index (κ1) is 17.6. The molecule has 7 heteroatoms. The number of carbonyl (C=O) groups excluding carboxylic acids is 2. The van der Waals surface area contributed by atoms with Crippen LogP contribution in [0.1, 0.15) is 21.7 Å². The van der Waals surface area contributed by atoms with Gasteiger partial charge in [-0.25, -0.2) is 4.39 Å². The van der Waals surface area contributed by atoms with Gasteiger partial charge >= 0.3 is 0 Å². The summed E-state index contributed by atoms with van der Waals surface area (Å²) in [5.41, 5.74) is 0.212. The zero-order valence-electron chi connectivity index (χ0n) is 12.5. The Morgan fingerprint density at radius 3 is 2.83 bits per heavy atom. The van der Waals surface area contributed by atoms with Gasteiger partial charge in [-0.1, -0.05) is 6.07 Å². The van der Waals surface area contributed by atoms with Gasteiger partial charge in [0, 0.05) is 29.4 Å². The molecule has 2 amide bonds. The number of carbonyl (C=O) groups is 2. The summed E-state index contributed by atoms with van der Waals surface area (Å²) in [6, 6.07) is 7.81. The summed E-state index contributed by atoms with van der Waals surface area (Å²) in [6.45, 7) is 0.759. The van der Waals surface area contributed by atoms with Crippen LogP contribution in [0.2, 0.25) is 0 Å². The second kappa shape index (κ2) is 8.21. The predicted molar refractivity (Wildman–Crippen MR) is 91.8 cm³/mol. The summed E-state index contributed by atoms with van der Waals surface area (Å²) in [5, 5.41) is 4.59. The van der Waals surface area contributed by atoms with E-state index in [9.17, 15) is 14.0 Å². The van der Waals surface area contributed by atoms with Crippen LogP contribution >= 0.6 is 27.3 Å². The van der Waals surface area contributed by atoms with Gasteiger partial charge in [-0.15, -0.1) is 11.3 Å². The van der Waals surface area contributed by atoms with Crippen LogP contribution in [0.3, 0.4) is 0 Å². The molecule has 0 atom stereocenters. The molecule has 122 valence electrons. The van der Waals surface area contributed by atoms with Gasteiger partial charge in [0.25, 0.3) is 5.91 Å². The molecule has 23 heavy (non-hydrogen) atoms. The van der Waals surface area contributed by atoms with Gasteiger partial charge < -0.3 is 10.2 Å². The van der Waals surface area contributed by atoms with E-state index in [0.29, 0.717) is 11.0 Å². The number of nitrogens with zero attached hydrogens (tertiary/aromatic N) is 1. The maximum atomic E-state index is 13.2. The van der Waals surface area contributed by atoms with Gasteiger partial charge in [-0.2, -0.15) is 0 Å². The van der Waals surface area contributed by atoms with Crippen molar-refractivity contribution in [3.8, 4) is 0 Å². The van der Waals surface area contributed by atoms with E-state index in [1.165, 1.54) is 12.1 Å².